The smallest absolute Gasteiger partial charge is 0.323 e. The molecule has 0 unspecified atom stereocenters. The second-order valence-electron chi connectivity index (χ2n) is 35.2. The lowest BCUT2D eigenvalue weighted by Gasteiger charge is -2.36. The van der Waals surface area contributed by atoms with Gasteiger partial charge in [-0.15, -0.1) is 11.8 Å². The number of aliphatic imine (C=N–C) groups is 1. The molecule has 4 aliphatic heterocycles. The molecule has 3 aromatic carbocycles. The number of nitrogens with one attached hydrogen (secondary N) is 11. The normalized spacial score (nSPS) is 24.6. The standard InChI is InChI=1S/C93H125N21O25S/c1-7-9-19-70-86(132)102-60(27-29-77(120)121)82(128)108-68(81(127)99-44-75(96)118)48-140-49-76(119)100-65(36-51-23-25-55(115)26-24-51)89(135)109(4)50(3)80(126)106-67(41-74(95)117)92(138)113-35-15-22-71(113)87(133)104-63(37-52-32-34-97-42-52)84(130)103-62(28-30-78(122)123)91(137)114-46-56(116)40-73(114)88(134)105-64(38-53-43-98-59-18-13-11-16-57(53)59)85(131)101-61(31-33-94)83(129)107-66(90(136)111(6)72(20-10-8-2)93(139)110(70)5)39-54-45-112(47-79(124)125)69-21-14-12-17-58(54)69/h11-14,16-18,21,23-26,34,42-43,45,50,56,60-68,70-73,98,115-116H,7-10,15,19-20,22,27-33,35-41,44,46-49,94H2,1-6H3,(H2,95,117)(H2,96,118)(H,99,127)(H,100,119)(H,101,131)(H,102,132)(H,103,130)(H,104,133)(H,105,134)(H,106,126)(H,107,129)(H,108,128)(H,120,121)(H,122,123)(H,124,125)/t50-,56+,60-,61-,62-,63-,64-,65-,66-,67-,68-,70-,71-,72-,73-/m0/s1. The van der Waals surface area contributed by atoms with Gasteiger partial charge >= 0.3 is 17.9 Å². The number of carboxylic acids is 3. The van der Waals surface area contributed by atoms with Crippen LogP contribution in [-0.4, -0.2) is 334 Å². The summed E-state index contributed by atoms with van der Waals surface area (Å²) in [5, 5.41) is 78.8. The van der Waals surface area contributed by atoms with Crippen LogP contribution in [0.15, 0.2) is 102 Å². The van der Waals surface area contributed by atoms with Crippen LogP contribution in [0.1, 0.15) is 147 Å². The van der Waals surface area contributed by atoms with E-state index in [0.29, 0.717) is 68.7 Å². The molecule has 6 heterocycles. The van der Waals surface area contributed by atoms with Crippen LogP contribution in [0.2, 0.25) is 0 Å². The number of carbonyl (C=O) groups is 20. The van der Waals surface area contributed by atoms with E-state index in [-0.39, 0.29) is 89.5 Å². The van der Waals surface area contributed by atoms with Gasteiger partial charge in [0, 0.05) is 132 Å². The zero-order chi connectivity index (χ0) is 102. The number of amides is 17. The van der Waals surface area contributed by atoms with Gasteiger partial charge in [0.1, 0.15) is 96.9 Å². The maximum absolute atomic E-state index is 16.0. The van der Waals surface area contributed by atoms with Crippen LogP contribution in [-0.2, 0) is 122 Å². The molecule has 46 nitrogen and oxygen atoms in total. The first-order valence-corrected chi connectivity index (χ1v) is 47.4. The summed E-state index contributed by atoms with van der Waals surface area (Å²) in [6, 6.07) is -4.57. The van der Waals surface area contributed by atoms with Gasteiger partial charge in [0.25, 0.3) is 0 Å². The summed E-state index contributed by atoms with van der Waals surface area (Å²) in [4.78, 5) is 301. The average Bonchev–Trinajstić information content (AvgIpc) is 1.62. The Morgan fingerprint density at radius 3 is 1.72 bits per heavy atom. The zero-order valence-electron chi connectivity index (χ0n) is 78.7. The van der Waals surface area contributed by atoms with Crippen LogP contribution in [0.25, 0.3) is 21.8 Å². The topological polar surface area (TPSA) is 690 Å². The molecule has 0 saturated carbocycles. The second kappa shape index (κ2) is 51.9. The third kappa shape index (κ3) is 30.3. The molecule has 758 valence electrons. The number of phenols is 1. The summed E-state index contributed by atoms with van der Waals surface area (Å²) in [7, 11) is 3.70. The van der Waals surface area contributed by atoms with Crippen molar-refractivity contribution in [1.29, 1.82) is 0 Å². The number of aliphatic hydroxyl groups excluding tert-OH is 1. The van der Waals surface area contributed by atoms with Crippen molar-refractivity contribution in [1.82, 2.24) is 87.2 Å². The molecule has 17 amide bonds. The number of carbonyl (C=O) groups excluding carboxylic acids is 17. The Bertz CT molecular complexity index is 5470. The summed E-state index contributed by atoms with van der Waals surface area (Å²) in [6.07, 6.45) is -0.406. The molecule has 0 bridgehead atoms. The van der Waals surface area contributed by atoms with Gasteiger partial charge in [-0.3, -0.25) is 101 Å². The molecule has 0 radical (unpaired) electrons. The number of likely N-dealkylation sites (N-methyl/N-ethyl adjacent to an activating group) is 3. The number of aliphatic carboxylic acids is 3. The lowest BCUT2D eigenvalue weighted by molar-refractivity contribution is -0.149. The predicted octanol–water partition coefficient (Wildman–Crippen LogP) is -2.81. The molecule has 3 saturated heterocycles. The third-order valence-electron chi connectivity index (χ3n) is 24.9. The number of hydrogen-bond acceptors (Lipinski definition) is 25. The molecule has 47 heteroatoms. The first kappa shape index (κ1) is 109. The third-order valence-corrected chi connectivity index (χ3v) is 25.9. The van der Waals surface area contributed by atoms with E-state index < -0.39 is 285 Å². The van der Waals surface area contributed by atoms with Crippen molar-refractivity contribution in [2.75, 3.05) is 58.8 Å². The number of hydrogen-bond donors (Lipinski definition) is 19. The Kier molecular flexibility index (Phi) is 40.5. The van der Waals surface area contributed by atoms with Crippen molar-refractivity contribution < 1.29 is 121 Å². The van der Waals surface area contributed by atoms with E-state index in [2.05, 4.69) is 63.1 Å². The van der Waals surface area contributed by atoms with Gasteiger partial charge in [0.15, 0.2) is 0 Å². The van der Waals surface area contributed by atoms with E-state index in [9.17, 15) is 83.1 Å². The number of nitrogens with zero attached hydrogens (tertiary/aromatic N) is 7. The van der Waals surface area contributed by atoms with E-state index in [1.165, 1.54) is 75.5 Å². The number of aliphatic hydroxyl groups is 1. The minimum absolute atomic E-state index is 0.0819. The molecule has 140 heavy (non-hydrogen) atoms. The first-order valence-electron chi connectivity index (χ1n) is 46.3. The fourth-order valence-electron chi connectivity index (χ4n) is 17.2. The van der Waals surface area contributed by atoms with Crippen LogP contribution in [0.4, 0.5) is 0 Å². The first-order chi connectivity index (χ1) is 66.6. The molecule has 5 aromatic rings. The van der Waals surface area contributed by atoms with Crippen LogP contribution in [0, 0.1) is 0 Å². The molecular formula is C93H125N21O25S. The highest BCUT2D eigenvalue weighted by Crippen LogP contribution is 2.30. The molecule has 4 aliphatic rings. The van der Waals surface area contributed by atoms with Gasteiger partial charge in [0.2, 0.25) is 100 Å². The van der Waals surface area contributed by atoms with E-state index in [1.807, 2.05) is 0 Å². The van der Waals surface area contributed by atoms with E-state index in [1.54, 1.807) is 68.6 Å². The van der Waals surface area contributed by atoms with Crippen LogP contribution >= 0.6 is 11.8 Å². The number of para-hydroxylation sites is 2. The zero-order valence-corrected chi connectivity index (χ0v) is 79.5. The van der Waals surface area contributed by atoms with Crippen molar-refractivity contribution in [2.45, 2.75) is 246 Å². The number of phenolic OH excluding ortho intramolecular Hbond substituents is 1. The number of H-pyrrole nitrogens is 1. The predicted molar refractivity (Wildman–Crippen MR) is 506 cm³/mol. The molecule has 0 aliphatic carbocycles. The number of aromatic nitrogens is 2. The number of rotatable bonds is 29. The molecule has 2 aromatic heterocycles. The van der Waals surface area contributed by atoms with Crippen molar-refractivity contribution in [3.05, 3.63) is 114 Å². The highest BCUT2D eigenvalue weighted by molar-refractivity contribution is 8.00. The monoisotopic (exact) mass is 1970 g/mol. The van der Waals surface area contributed by atoms with Gasteiger partial charge in [-0.25, -0.2) is 0 Å². The minimum Gasteiger partial charge on any atom is -0.508 e. The van der Waals surface area contributed by atoms with Crippen molar-refractivity contribution >= 4 is 158 Å². The van der Waals surface area contributed by atoms with Crippen molar-refractivity contribution in [2.24, 2.45) is 22.2 Å². The molecule has 15 atom stereocenters. The van der Waals surface area contributed by atoms with Gasteiger partial charge in [-0.1, -0.05) is 88.1 Å². The van der Waals surface area contributed by atoms with Gasteiger partial charge in [0.05, 0.1) is 24.8 Å². The number of carboxylic acid groups (broad SMARTS) is 3. The fourth-order valence-corrected chi connectivity index (χ4v) is 18.1. The number of benzene rings is 3. The molecule has 3 fully saturated rings. The molecule has 9 rings (SSSR count). The summed E-state index contributed by atoms with van der Waals surface area (Å²) in [5.74, 6) is -23.1. The van der Waals surface area contributed by atoms with Crippen molar-refractivity contribution in [3.63, 3.8) is 0 Å². The molecular weight excluding hydrogens is 1840 g/mol. The quantitative estimate of drug-likeness (QED) is 0.0230. The van der Waals surface area contributed by atoms with Gasteiger partial charge in [-0.2, -0.15) is 0 Å². The van der Waals surface area contributed by atoms with Crippen molar-refractivity contribution in [3.8, 4) is 5.75 Å². The van der Waals surface area contributed by atoms with E-state index in [0.717, 1.165) is 24.5 Å². The summed E-state index contributed by atoms with van der Waals surface area (Å²) in [5.41, 5.74) is 19.9. The number of primary amides is 2. The molecule has 0 spiro atoms. The second-order valence-corrected chi connectivity index (χ2v) is 36.2. The Labute approximate surface area is 809 Å². The van der Waals surface area contributed by atoms with Crippen LogP contribution < -0.4 is 70.4 Å². The highest BCUT2D eigenvalue weighted by Gasteiger charge is 2.47. The minimum atomic E-state index is -1.86. The number of thioether (sulfide) groups is 1. The highest BCUT2D eigenvalue weighted by atomic mass is 32.2. The number of aromatic amines is 1. The summed E-state index contributed by atoms with van der Waals surface area (Å²) < 4.78 is 1.40. The maximum atomic E-state index is 16.0. The SMILES string of the molecule is CCCC[C@H]1C(=O)N(C)[C@@H](CCCC)C(=O)N[C@@H](CCC(=O)O)C(=O)N[C@H](C(=O)NCC(N)=O)CSCC(=O)N[C@@H](Cc2ccc(O)cc2)C(=O)N(C)[C@@H](C)C(=O)N[C@@H](CC(N)=O)C(=O)N2CCC[C@H]2C(=O)N[C@@H](CC2=CN=CC2)C(=O)N[C@@H](CCC(=O)O)C(=O)N2C[C@H](O)C[C@H]2C(=O)N[C@@H](Cc2c[nH]c3ccccc23)C(=O)N[C@@H](CCN)C(=O)N[C@@H](Cc2cn(CC(=O)O)c3ccccc23)C(=O)N1C. The van der Waals surface area contributed by atoms with E-state index >= 15 is 38.4 Å². The van der Waals surface area contributed by atoms with Gasteiger partial charge in [-0.05, 0) is 111 Å². The Hall–Kier alpha value is -14.4. The summed E-state index contributed by atoms with van der Waals surface area (Å²) in [6.45, 7) is 2.31. The maximum Gasteiger partial charge on any atom is 0.323 e. The lowest BCUT2D eigenvalue weighted by Crippen LogP contribution is -2.61. The summed E-state index contributed by atoms with van der Waals surface area (Å²) >= 11 is 0.683. The largest absolute Gasteiger partial charge is 0.508 e. The van der Waals surface area contributed by atoms with Crippen LogP contribution in [0.5, 0.6) is 5.75 Å². The van der Waals surface area contributed by atoms with Crippen LogP contribution in [0.3, 0.4) is 0 Å². The number of aromatic hydroxyl groups is 1. The number of fused-ring (bicyclic) bond motifs is 4. The Balaban J connectivity index is 1.13. The van der Waals surface area contributed by atoms with Gasteiger partial charge < -0.3 is 130 Å². The van der Waals surface area contributed by atoms with E-state index in [4.69, 9.17) is 17.2 Å². The number of nitrogens with two attached hydrogens (primary N) is 3. The number of unbranched alkanes of at least 4 members (excludes halogenated alkanes) is 2. The average molecular weight is 1970 g/mol. The Morgan fingerprint density at radius 1 is 0.536 bits per heavy atom. The molecule has 22 N–H and O–H groups in total. The fraction of sp³-hybridized carbons (Fsp3) is 0.516. The lowest BCUT2D eigenvalue weighted by atomic mass is 9.99. The Morgan fingerprint density at radius 2 is 1.09 bits per heavy atom.